The molecule has 1 saturated heterocycles. The predicted octanol–water partition coefficient (Wildman–Crippen LogP) is 6.28. The lowest BCUT2D eigenvalue weighted by Crippen LogP contribution is -2.45. The Balaban J connectivity index is 1.34. The number of rotatable bonds is 8. The van der Waals surface area contributed by atoms with Gasteiger partial charge in [0.05, 0.1) is 18.8 Å². The molecule has 4 rings (SSSR count). The first kappa shape index (κ1) is 24.0. The van der Waals surface area contributed by atoms with Gasteiger partial charge in [0.25, 0.3) is 0 Å². The second kappa shape index (κ2) is 9.65. The van der Waals surface area contributed by atoms with E-state index in [1.165, 1.54) is 24.3 Å². The van der Waals surface area contributed by atoms with E-state index in [9.17, 15) is 18.7 Å². The number of nitrogens with zero attached hydrogens (tertiary/aromatic N) is 1. The van der Waals surface area contributed by atoms with Gasteiger partial charge in [0.2, 0.25) is 0 Å². The smallest absolute Gasteiger partial charge is 0.338 e. The molecule has 2 aliphatic rings. The molecule has 1 saturated carbocycles. The minimum atomic E-state index is -1.50. The molecule has 1 heterocycles. The second-order valence-electron chi connectivity index (χ2n) is 9.17. The van der Waals surface area contributed by atoms with Gasteiger partial charge in [-0.3, -0.25) is 4.90 Å². The lowest BCUT2D eigenvalue weighted by Gasteiger charge is -2.39. The van der Waals surface area contributed by atoms with Crippen molar-refractivity contribution in [1.82, 2.24) is 4.90 Å². The number of ether oxygens (including phenoxy) is 1. The molecule has 1 aliphatic heterocycles. The van der Waals surface area contributed by atoms with Gasteiger partial charge in [-0.25, -0.2) is 18.0 Å². The molecule has 0 bridgehead atoms. The summed E-state index contributed by atoms with van der Waals surface area (Å²) in [5, 5.41) is 9.51. The molecule has 0 aromatic heterocycles. The van der Waals surface area contributed by atoms with E-state index in [1.54, 1.807) is 6.07 Å². The van der Waals surface area contributed by atoms with E-state index >= 15 is 4.39 Å². The lowest BCUT2D eigenvalue weighted by molar-refractivity contribution is -0.0367. The lowest BCUT2D eigenvalue weighted by atomic mass is 9.92. The third kappa shape index (κ3) is 5.70. The number of carbonyl (C=O) groups is 1. The predicted molar refractivity (Wildman–Crippen MR) is 119 cm³/mol. The fraction of sp³-hybridized carbons (Fsp3) is 0.480. The largest absolute Gasteiger partial charge is 0.478 e. The second-order valence-corrected chi connectivity index (χ2v) is 9.61. The number of likely N-dealkylation sites (tertiary alicyclic amines) is 1. The third-order valence-corrected chi connectivity index (χ3v) is 6.92. The van der Waals surface area contributed by atoms with Gasteiger partial charge in [-0.15, -0.1) is 0 Å². The first-order valence-corrected chi connectivity index (χ1v) is 11.6. The first-order valence-electron chi connectivity index (χ1n) is 11.2. The number of hydrogen-bond acceptors (Lipinski definition) is 3. The molecule has 2 aromatic rings. The highest BCUT2D eigenvalue weighted by Gasteiger charge is 2.37. The molecule has 2 fully saturated rings. The Morgan fingerprint density at radius 1 is 1.21 bits per heavy atom. The molecule has 0 amide bonds. The summed E-state index contributed by atoms with van der Waals surface area (Å²) < 4.78 is 48.9. The normalized spacial score (nSPS) is 19.4. The quantitative estimate of drug-likeness (QED) is 0.482. The van der Waals surface area contributed by atoms with E-state index < -0.39 is 23.3 Å². The van der Waals surface area contributed by atoms with Crippen molar-refractivity contribution in [3.8, 4) is 0 Å². The fourth-order valence-corrected chi connectivity index (χ4v) is 4.75. The van der Waals surface area contributed by atoms with Crippen LogP contribution in [0.15, 0.2) is 30.3 Å². The van der Waals surface area contributed by atoms with Crippen LogP contribution in [0.3, 0.4) is 0 Å². The summed E-state index contributed by atoms with van der Waals surface area (Å²) in [4.78, 5) is 13.3. The van der Waals surface area contributed by atoms with Gasteiger partial charge >= 0.3 is 5.97 Å². The van der Waals surface area contributed by atoms with Crippen LogP contribution in [0.1, 0.15) is 71.6 Å². The zero-order valence-corrected chi connectivity index (χ0v) is 19.2. The van der Waals surface area contributed by atoms with Gasteiger partial charge in [-0.1, -0.05) is 11.6 Å². The highest BCUT2D eigenvalue weighted by molar-refractivity contribution is 6.30. The number of halogens is 4. The van der Waals surface area contributed by atoms with Gasteiger partial charge in [-0.2, -0.15) is 0 Å². The van der Waals surface area contributed by atoms with Gasteiger partial charge in [0.1, 0.15) is 17.3 Å². The summed E-state index contributed by atoms with van der Waals surface area (Å²) >= 11 is 5.97. The van der Waals surface area contributed by atoms with Crippen LogP contribution in [0.25, 0.3) is 0 Å². The molecule has 1 atom stereocenters. The average Bonchev–Trinajstić information content (AvgIpc) is 3.58. The number of aromatic carboxylic acids is 1. The summed E-state index contributed by atoms with van der Waals surface area (Å²) in [6.07, 6.45) is 2.38. The Morgan fingerprint density at radius 3 is 2.52 bits per heavy atom. The minimum Gasteiger partial charge on any atom is -0.478 e. The summed E-state index contributed by atoms with van der Waals surface area (Å²) in [5.74, 6) is -2.29. The zero-order valence-electron chi connectivity index (χ0n) is 18.4. The standard InChI is InChI=1S/C25H27ClF3NO3/c1-15(17-8-19(26)11-20(27)9-17)30-6-4-25(29,5-7-30)14-33-13-18-10-23(28)22(24(31)32)12-21(18)16-2-3-16/h8-12,15-16H,2-7,13-14H2,1H3,(H,31,32). The molecular weight excluding hydrogens is 455 g/mol. The molecule has 2 aromatic carbocycles. The van der Waals surface area contributed by atoms with E-state index in [-0.39, 0.29) is 43.6 Å². The number of piperidine rings is 1. The maximum atomic E-state index is 15.4. The van der Waals surface area contributed by atoms with Crippen molar-refractivity contribution >= 4 is 17.6 Å². The SMILES string of the molecule is CC(c1cc(F)cc(Cl)c1)N1CCC(F)(COCc2cc(F)c(C(=O)O)cc2C2CC2)CC1. The summed E-state index contributed by atoms with van der Waals surface area (Å²) in [6.45, 7) is 2.85. The van der Waals surface area contributed by atoms with Crippen molar-refractivity contribution in [3.05, 3.63) is 69.2 Å². The molecule has 1 N–H and O–H groups in total. The Kier molecular flexibility index (Phi) is 7.03. The van der Waals surface area contributed by atoms with Crippen LogP contribution in [-0.4, -0.2) is 41.3 Å². The zero-order chi connectivity index (χ0) is 23.8. The van der Waals surface area contributed by atoms with E-state index in [1.807, 2.05) is 6.92 Å². The molecular formula is C25H27ClF3NO3. The van der Waals surface area contributed by atoms with Crippen molar-refractivity contribution in [2.45, 2.75) is 56.8 Å². The first-order chi connectivity index (χ1) is 15.6. The van der Waals surface area contributed by atoms with Crippen molar-refractivity contribution in [2.75, 3.05) is 19.7 Å². The number of carboxylic acid groups (broad SMARTS) is 1. The van der Waals surface area contributed by atoms with Crippen LogP contribution in [0.2, 0.25) is 5.02 Å². The minimum absolute atomic E-state index is 0.0379. The molecule has 1 aliphatic carbocycles. The Bertz CT molecular complexity index is 1020. The van der Waals surface area contributed by atoms with Crippen molar-refractivity contribution < 1.29 is 27.8 Å². The number of benzene rings is 2. The van der Waals surface area contributed by atoms with E-state index in [4.69, 9.17) is 16.3 Å². The van der Waals surface area contributed by atoms with Crippen molar-refractivity contribution in [3.63, 3.8) is 0 Å². The van der Waals surface area contributed by atoms with E-state index in [0.717, 1.165) is 24.0 Å². The maximum absolute atomic E-state index is 15.4. The summed E-state index contributed by atoms with van der Waals surface area (Å²) in [7, 11) is 0. The molecule has 33 heavy (non-hydrogen) atoms. The molecule has 178 valence electrons. The number of alkyl halides is 1. The van der Waals surface area contributed by atoms with Crippen LogP contribution in [0.4, 0.5) is 13.2 Å². The van der Waals surface area contributed by atoms with Crippen molar-refractivity contribution in [2.24, 2.45) is 0 Å². The Morgan fingerprint density at radius 2 is 1.91 bits per heavy atom. The van der Waals surface area contributed by atoms with E-state index in [2.05, 4.69) is 4.90 Å². The molecule has 1 unspecified atom stereocenters. The van der Waals surface area contributed by atoms with Crippen molar-refractivity contribution in [1.29, 1.82) is 0 Å². The van der Waals surface area contributed by atoms with E-state index in [0.29, 0.717) is 23.7 Å². The van der Waals surface area contributed by atoms with Crippen LogP contribution in [-0.2, 0) is 11.3 Å². The summed E-state index contributed by atoms with van der Waals surface area (Å²) in [5.41, 5.74) is 0.261. The summed E-state index contributed by atoms with van der Waals surface area (Å²) in [6, 6.07) is 6.92. The van der Waals surface area contributed by atoms with Crippen LogP contribution >= 0.6 is 11.6 Å². The van der Waals surface area contributed by atoms with Crippen LogP contribution in [0.5, 0.6) is 0 Å². The van der Waals surface area contributed by atoms with Gasteiger partial charge < -0.3 is 9.84 Å². The number of carboxylic acids is 1. The Hall–Kier alpha value is -2.09. The maximum Gasteiger partial charge on any atom is 0.338 e. The van der Waals surface area contributed by atoms with Gasteiger partial charge in [0, 0.05) is 24.2 Å². The third-order valence-electron chi connectivity index (χ3n) is 6.70. The van der Waals surface area contributed by atoms with Crippen LogP contribution in [0, 0.1) is 11.6 Å². The van der Waals surface area contributed by atoms with Gasteiger partial charge in [0.15, 0.2) is 0 Å². The monoisotopic (exact) mass is 481 g/mol. The molecule has 8 heteroatoms. The topological polar surface area (TPSA) is 49.8 Å². The highest BCUT2D eigenvalue weighted by Crippen LogP contribution is 2.43. The molecule has 0 radical (unpaired) electrons. The number of hydrogen-bond donors (Lipinski definition) is 1. The molecule has 4 nitrogen and oxygen atoms in total. The average molecular weight is 482 g/mol. The van der Waals surface area contributed by atoms with Gasteiger partial charge in [-0.05, 0) is 85.5 Å². The van der Waals surface area contributed by atoms with Crippen LogP contribution < -0.4 is 0 Å². The Labute approximate surface area is 196 Å². The molecule has 0 spiro atoms. The fourth-order valence-electron chi connectivity index (χ4n) is 4.52. The highest BCUT2D eigenvalue weighted by atomic mass is 35.5.